The van der Waals surface area contributed by atoms with Gasteiger partial charge in [-0.25, -0.2) is 4.68 Å². The molecule has 0 unspecified atom stereocenters. The molecule has 2 rings (SSSR count). The summed E-state index contributed by atoms with van der Waals surface area (Å²) >= 11 is 0. The van der Waals surface area contributed by atoms with Crippen LogP contribution in [0.15, 0.2) is 41.2 Å². The Kier molecular flexibility index (Phi) is 7.88. The number of ether oxygens (including phenoxy) is 1. The molecule has 0 atom stereocenters. The molecule has 0 spiro atoms. The fraction of sp³-hybridized carbons (Fsp3) is 0.400. The molecular weight excluding hydrogens is 360 g/mol. The summed E-state index contributed by atoms with van der Waals surface area (Å²) in [7, 11) is 1.52. The zero-order valence-electron chi connectivity index (χ0n) is 16.5. The largest absolute Gasteiger partial charge is 0.383 e. The van der Waals surface area contributed by atoms with Gasteiger partial charge in [0.05, 0.1) is 13.2 Å². The van der Waals surface area contributed by atoms with Crippen molar-refractivity contribution in [3.8, 4) is 0 Å². The molecule has 0 bridgehead atoms. The van der Waals surface area contributed by atoms with Crippen LogP contribution in [0.1, 0.15) is 29.4 Å². The first-order chi connectivity index (χ1) is 13.5. The second-order valence-corrected chi connectivity index (χ2v) is 6.36. The van der Waals surface area contributed by atoms with Crippen LogP contribution < -0.4 is 10.9 Å². The molecule has 2 aromatic rings. The molecule has 1 aromatic carbocycles. The Hall–Kier alpha value is -3.00. The zero-order valence-corrected chi connectivity index (χ0v) is 16.5. The maximum atomic E-state index is 12.9. The highest BCUT2D eigenvalue weighted by Crippen LogP contribution is 2.13. The van der Waals surface area contributed by atoms with Gasteiger partial charge in [-0.1, -0.05) is 25.1 Å². The van der Waals surface area contributed by atoms with Crippen molar-refractivity contribution in [2.24, 2.45) is 0 Å². The summed E-state index contributed by atoms with van der Waals surface area (Å²) in [6.45, 7) is 4.68. The summed E-state index contributed by atoms with van der Waals surface area (Å²) < 4.78 is 6.15. The van der Waals surface area contributed by atoms with Crippen molar-refractivity contribution in [3.63, 3.8) is 0 Å². The van der Waals surface area contributed by atoms with Crippen LogP contribution in [0, 0.1) is 6.92 Å². The van der Waals surface area contributed by atoms with Gasteiger partial charge in [0, 0.05) is 25.4 Å². The van der Waals surface area contributed by atoms with E-state index in [4.69, 9.17) is 4.74 Å². The second kappa shape index (κ2) is 10.4. The minimum atomic E-state index is -0.395. The molecular formula is C20H26N4O4. The summed E-state index contributed by atoms with van der Waals surface area (Å²) in [5, 5.41) is 6.95. The summed E-state index contributed by atoms with van der Waals surface area (Å²) in [6.07, 6.45) is 0.687. The van der Waals surface area contributed by atoms with Gasteiger partial charge in [0.1, 0.15) is 12.2 Å². The normalized spacial score (nSPS) is 10.5. The van der Waals surface area contributed by atoms with Crippen molar-refractivity contribution in [2.45, 2.75) is 26.8 Å². The molecule has 2 amide bonds. The SMILES string of the molecule is CCCN(CC(=O)Nc1ccccc1C)C(=O)c1ccc(=O)n(CCOC)n1. The highest BCUT2D eigenvalue weighted by Gasteiger charge is 2.20. The minimum absolute atomic E-state index is 0.0973. The predicted molar refractivity (Wildman–Crippen MR) is 106 cm³/mol. The van der Waals surface area contributed by atoms with Crippen LogP contribution in [0.3, 0.4) is 0 Å². The molecule has 0 fully saturated rings. The van der Waals surface area contributed by atoms with Crippen molar-refractivity contribution < 1.29 is 14.3 Å². The van der Waals surface area contributed by atoms with Crippen molar-refractivity contribution in [1.82, 2.24) is 14.7 Å². The van der Waals surface area contributed by atoms with E-state index in [-0.39, 0.29) is 30.2 Å². The molecule has 8 nitrogen and oxygen atoms in total. The standard InChI is InChI=1S/C20H26N4O4/c1-4-11-23(14-18(25)21-16-8-6-5-7-15(16)2)20(27)17-9-10-19(26)24(22-17)12-13-28-3/h5-10H,4,11-14H2,1-3H3,(H,21,25). The number of anilines is 1. The Morgan fingerprint density at radius 3 is 2.64 bits per heavy atom. The van der Waals surface area contributed by atoms with Gasteiger partial charge in [0.25, 0.3) is 11.5 Å². The number of carbonyl (C=O) groups excluding carboxylic acids is 2. The molecule has 0 radical (unpaired) electrons. The van der Waals surface area contributed by atoms with E-state index in [0.29, 0.717) is 25.3 Å². The first-order valence-corrected chi connectivity index (χ1v) is 9.18. The molecule has 8 heteroatoms. The number of hydrogen-bond acceptors (Lipinski definition) is 5. The third kappa shape index (κ3) is 5.75. The van der Waals surface area contributed by atoms with Crippen molar-refractivity contribution in [2.75, 3.05) is 32.1 Å². The lowest BCUT2D eigenvalue weighted by molar-refractivity contribution is -0.116. The Balaban J connectivity index is 2.14. The van der Waals surface area contributed by atoms with Gasteiger partial charge in [0.15, 0.2) is 0 Å². The topological polar surface area (TPSA) is 93.5 Å². The van der Waals surface area contributed by atoms with Crippen LogP contribution in [0.4, 0.5) is 5.69 Å². The van der Waals surface area contributed by atoms with Crippen molar-refractivity contribution in [1.29, 1.82) is 0 Å². The molecule has 0 aliphatic heterocycles. The number of hydrogen-bond donors (Lipinski definition) is 1. The van der Waals surface area contributed by atoms with E-state index in [2.05, 4.69) is 10.4 Å². The van der Waals surface area contributed by atoms with Gasteiger partial charge < -0.3 is 15.0 Å². The van der Waals surface area contributed by atoms with Crippen LogP contribution >= 0.6 is 0 Å². The number of aromatic nitrogens is 2. The lowest BCUT2D eigenvalue weighted by atomic mass is 10.2. The maximum absolute atomic E-state index is 12.9. The summed E-state index contributed by atoms with van der Waals surface area (Å²) in [5.41, 5.74) is 1.46. The number of para-hydroxylation sites is 1. The average molecular weight is 386 g/mol. The van der Waals surface area contributed by atoms with E-state index < -0.39 is 5.91 Å². The van der Waals surface area contributed by atoms with E-state index >= 15 is 0 Å². The molecule has 1 aromatic heterocycles. The van der Waals surface area contributed by atoms with Gasteiger partial charge >= 0.3 is 0 Å². The van der Waals surface area contributed by atoms with Crippen molar-refractivity contribution in [3.05, 3.63) is 58.0 Å². The number of benzene rings is 1. The lowest BCUT2D eigenvalue weighted by Gasteiger charge is -2.21. The third-order valence-corrected chi connectivity index (χ3v) is 4.13. The predicted octanol–water partition coefficient (Wildman–Crippen LogP) is 1.69. The van der Waals surface area contributed by atoms with Crippen LogP contribution in [0.25, 0.3) is 0 Å². The monoisotopic (exact) mass is 386 g/mol. The number of carbonyl (C=O) groups is 2. The zero-order chi connectivity index (χ0) is 20.5. The quantitative estimate of drug-likeness (QED) is 0.708. The Morgan fingerprint density at radius 2 is 1.96 bits per heavy atom. The maximum Gasteiger partial charge on any atom is 0.274 e. The molecule has 0 saturated heterocycles. The fourth-order valence-electron chi connectivity index (χ4n) is 2.66. The number of nitrogens with one attached hydrogen (secondary N) is 1. The Labute approximate surface area is 164 Å². The summed E-state index contributed by atoms with van der Waals surface area (Å²) in [5.74, 6) is -0.684. The van der Waals surface area contributed by atoms with E-state index in [1.807, 2.05) is 38.1 Å². The van der Waals surface area contributed by atoms with Gasteiger partial charge in [-0.3, -0.25) is 14.4 Å². The van der Waals surface area contributed by atoms with E-state index in [1.54, 1.807) is 0 Å². The Bertz CT molecular complexity index is 879. The summed E-state index contributed by atoms with van der Waals surface area (Å²) in [6, 6.07) is 10.1. The fourth-order valence-corrected chi connectivity index (χ4v) is 2.66. The first kappa shape index (κ1) is 21.3. The molecule has 28 heavy (non-hydrogen) atoms. The van der Waals surface area contributed by atoms with Gasteiger partial charge in [-0.05, 0) is 31.0 Å². The van der Waals surface area contributed by atoms with Crippen molar-refractivity contribution >= 4 is 17.5 Å². The van der Waals surface area contributed by atoms with Gasteiger partial charge in [-0.2, -0.15) is 5.10 Å². The van der Waals surface area contributed by atoms with Crippen LogP contribution in [0.2, 0.25) is 0 Å². The smallest absolute Gasteiger partial charge is 0.274 e. The highest BCUT2D eigenvalue weighted by atomic mass is 16.5. The van der Waals surface area contributed by atoms with E-state index in [9.17, 15) is 14.4 Å². The number of methoxy groups -OCH3 is 1. The molecule has 0 saturated carbocycles. The average Bonchev–Trinajstić information content (AvgIpc) is 2.68. The number of rotatable bonds is 9. The number of amides is 2. The number of nitrogens with zero attached hydrogens (tertiary/aromatic N) is 3. The first-order valence-electron chi connectivity index (χ1n) is 9.18. The second-order valence-electron chi connectivity index (χ2n) is 6.36. The summed E-state index contributed by atoms with van der Waals surface area (Å²) in [4.78, 5) is 38.6. The molecule has 1 N–H and O–H groups in total. The molecule has 0 aliphatic rings. The molecule has 150 valence electrons. The lowest BCUT2D eigenvalue weighted by Crippen LogP contribution is -2.40. The van der Waals surface area contributed by atoms with Gasteiger partial charge in [-0.15, -0.1) is 0 Å². The van der Waals surface area contributed by atoms with Crippen LogP contribution in [-0.4, -0.2) is 53.3 Å². The van der Waals surface area contributed by atoms with Crippen LogP contribution in [-0.2, 0) is 16.1 Å². The third-order valence-electron chi connectivity index (χ3n) is 4.13. The molecule has 1 heterocycles. The van der Waals surface area contributed by atoms with Gasteiger partial charge in [0.2, 0.25) is 5.91 Å². The van der Waals surface area contributed by atoms with E-state index in [1.165, 1.54) is 28.8 Å². The Morgan fingerprint density at radius 1 is 1.21 bits per heavy atom. The molecule has 0 aliphatic carbocycles. The minimum Gasteiger partial charge on any atom is -0.383 e. The highest BCUT2D eigenvalue weighted by molar-refractivity contribution is 5.98. The number of aryl methyl sites for hydroxylation is 1. The van der Waals surface area contributed by atoms with E-state index in [0.717, 1.165) is 5.56 Å². The van der Waals surface area contributed by atoms with Crippen LogP contribution in [0.5, 0.6) is 0 Å².